The minimum atomic E-state index is 0.503. The van der Waals surface area contributed by atoms with Gasteiger partial charge in [-0.2, -0.15) is 0 Å². The van der Waals surface area contributed by atoms with Gasteiger partial charge in [-0.1, -0.05) is 17.7 Å². The minimum absolute atomic E-state index is 0.503. The van der Waals surface area contributed by atoms with Crippen LogP contribution >= 0.6 is 11.6 Å². The van der Waals surface area contributed by atoms with Gasteiger partial charge in [-0.15, -0.1) is 0 Å². The Hall–Kier alpha value is -0.610. The number of likely N-dealkylation sites (N-methyl/N-ethyl adjacent to an activating group) is 2. The lowest BCUT2D eigenvalue weighted by Gasteiger charge is -2.38. The van der Waals surface area contributed by atoms with Crippen molar-refractivity contribution in [2.24, 2.45) is 0 Å². The van der Waals surface area contributed by atoms with E-state index in [1.54, 1.807) is 0 Å². The van der Waals surface area contributed by atoms with Crippen LogP contribution in [-0.4, -0.2) is 56.1 Å². The maximum atomic E-state index is 6.07. The van der Waals surface area contributed by atoms with Crippen molar-refractivity contribution in [3.63, 3.8) is 0 Å². The number of aryl methyl sites for hydroxylation is 1. The van der Waals surface area contributed by atoms with E-state index in [0.29, 0.717) is 12.1 Å². The van der Waals surface area contributed by atoms with Crippen molar-refractivity contribution in [2.75, 3.05) is 40.3 Å². The summed E-state index contributed by atoms with van der Waals surface area (Å²) < 4.78 is 0. The van der Waals surface area contributed by atoms with Gasteiger partial charge in [0.25, 0.3) is 0 Å². The van der Waals surface area contributed by atoms with Gasteiger partial charge < -0.3 is 10.2 Å². The predicted octanol–water partition coefficient (Wildman–Crippen LogP) is 2.16. The molecule has 0 amide bonds. The lowest BCUT2D eigenvalue weighted by molar-refractivity contribution is 0.111. The second-order valence-corrected chi connectivity index (χ2v) is 6.68. The topological polar surface area (TPSA) is 18.5 Å². The third-order valence-corrected chi connectivity index (χ3v) is 5.00. The second kappa shape index (κ2) is 6.02. The Labute approximate surface area is 126 Å². The Morgan fingerprint density at radius 2 is 2.15 bits per heavy atom. The van der Waals surface area contributed by atoms with E-state index in [1.165, 1.54) is 30.6 Å². The van der Waals surface area contributed by atoms with Crippen LogP contribution in [0.25, 0.3) is 0 Å². The fourth-order valence-electron chi connectivity index (χ4n) is 3.40. The van der Waals surface area contributed by atoms with Crippen LogP contribution in [0.1, 0.15) is 23.6 Å². The third kappa shape index (κ3) is 3.01. The van der Waals surface area contributed by atoms with Crippen molar-refractivity contribution in [3.05, 3.63) is 34.3 Å². The Morgan fingerprint density at radius 3 is 3.00 bits per heavy atom. The number of nitrogens with one attached hydrogen (secondary N) is 1. The van der Waals surface area contributed by atoms with E-state index in [9.17, 15) is 0 Å². The molecule has 2 unspecified atom stereocenters. The van der Waals surface area contributed by atoms with E-state index in [2.05, 4.69) is 41.3 Å². The van der Waals surface area contributed by atoms with Crippen LogP contribution in [0.3, 0.4) is 0 Å². The van der Waals surface area contributed by atoms with Crippen molar-refractivity contribution in [2.45, 2.75) is 24.9 Å². The van der Waals surface area contributed by atoms with Crippen LogP contribution in [0, 0.1) is 0 Å². The van der Waals surface area contributed by atoms with Gasteiger partial charge in [0, 0.05) is 43.3 Å². The summed E-state index contributed by atoms with van der Waals surface area (Å²) in [6.07, 6.45) is 2.34. The SMILES string of the molecule is CN1CCN(C)C(CNC2CCc3cc(Cl)ccc32)C1. The molecule has 2 aliphatic rings. The van der Waals surface area contributed by atoms with Gasteiger partial charge in [0.15, 0.2) is 0 Å². The summed E-state index contributed by atoms with van der Waals surface area (Å²) in [6, 6.07) is 7.45. The molecular weight excluding hydrogens is 270 g/mol. The highest BCUT2D eigenvalue weighted by molar-refractivity contribution is 6.30. The first-order valence-electron chi connectivity index (χ1n) is 7.54. The molecule has 0 radical (unpaired) electrons. The van der Waals surface area contributed by atoms with Crippen molar-refractivity contribution >= 4 is 11.6 Å². The number of hydrogen-bond acceptors (Lipinski definition) is 3. The molecule has 1 heterocycles. The van der Waals surface area contributed by atoms with Crippen molar-refractivity contribution in [1.29, 1.82) is 0 Å². The molecule has 0 saturated carbocycles. The molecule has 1 N–H and O–H groups in total. The maximum Gasteiger partial charge on any atom is 0.0408 e. The number of rotatable bonds is 3. The molecule has 1 aliphatic heterocycles. The normalized spacial score (nSPS) is 27.8. The largest absolute Gasteiger partial charge is 0.308 e. The molecule has 4 heteroatoms. The highest BCUT2D eigenvalue weighted by atomic mass is 35.5. The highest BCUT2D eigenvalue weighted by Gasteiger charge is 2.26. The van der Waals surface area contributed by atoms with Gasteiger partial charge in [0.1, 0.15) is 0 Å². The Bertz CT molecular complexity index is 477. The first-order chi connectivity index (χ1) is 9.63. The fourth-order valence-corrected chi connectivity index (χ4v) is 3.59. The van der Waals surface area contributed by atoms with Gasteiger partial charge in [-0.3, -0.25) is 4.90 Å². The van der Waals surface area contributed by atoms with E-state index < -0.39 is 0 Å². The average Bonchev–Trinajstić information content (AvgIpc) is 2.82. The minimum Gasteiger partial charge on any atom is -0.308 e. The molecular formula is C16H24ClN3. The van der Waals surface area contributed by atoms with E-state index >= 15 is 0 Å². The number of piperazine rings is 1. The zero-order chi connectivity index (χ0) is 14.1. The first kappa shape index (κ1) is 14.3. The summed E-state index contributed by atoms with van der Waals surface area (Å²) in [5, 5.41) is 4.63. The van der Waals surface area contributed by atoms with Gasteiger partial charge in [0.05, 0.1) is 0 Å². The number of benzene rings is 1. The molecule has 2 atom stereocenters. The second-order valence-electron chi connectivity index (χ2n) is 6.24. The number of halogens is 1. The Balaban J connectivity index is 1.60. The van der Waals surface area contributed by atoms with Crippen molar-refractivity contribution < 1.29 is 0 Å². The zero-order valence-corrected chi connectivity index (χ0v) is 13.2. The van der Waals surface area contributed by atoms with Gasteiger partial charge >= 0.3 is 0 Å². The van der Waals surface area contributed by atoms with Crippen LogP contribution in [0.4, 0.5) is 0 Å². The predicted molar refractivity (Wildman–Crippen MR) is 84.4 cm³/mol. The van der Waals surface area contributed by atoms with Crippen molar-refractivity contribution in [1.82, 2.24) is 15.1 Å². The van der Waals surface area contributed by atoms with Crippen LogP contribution < -0.4 is 5.32 Å². The van der Waals surface area contributed by atoms with Gasteiger partial charge in [-0.25, -0.2) is 0 Å². The lowest BCUT2D eigenvalue weighted by atomic mass is 10.1. The monoisotopic (exact) mass is 293 g/mol. The average molecular weight is 294 g/mol. The van der Waals surface area contributed by atoms with Crippen LogP contribution in [0.5, 0.6) is 0 Å². The maximum absolute atomic E-state index is 6.07. The lowest BCUT2D eigenvalue weighted by Crippen LogP contribution is -2.54. The van der Waals surface area contributed by atoms with E-state index in [0.717, 1.165) is 24.5 Å². The van der Waals surface area contributed by atoms with Crippen LogP contribution in [0.15, 0.2) is 18.2 Å². The fraction of sp³-hybridized carbons (Fsp3) is 0.625. The molecule has 110 valence electrons. The standard InChI is InChI=1S/C16H24ClN3/c1-19-7-8-20(2)14(11-19)10-18-16-6-3-12-9-13(17)4-5-15(12)16/h4-5,9,14,16,18H,3,6-8,10-11H2,1-2H3. The molecule has 0 spiro atoms. The van der Waals surface area contributed by atoms with Gasteiger partial charge in [-0.05, 0) is 50.2 Å². The number of fused-ring (bicyclic) bond motifs is 1. The molecule has 1 aromatic carbocycles. The van der Waals surface area contributed by atoms with Crippen molar-refractivity contribution in [3.8, 4) is 0 Å². The molecule has 0 aromatic heterocycles. The zero-order valence-electron chi connectivity index (χ0n) is 12.4. The van der Waals surface area contributed by atoms with Crippen LogP contribution in [-0.2, 0) is 6.42 Å². The Kier molecular flexibility index (Phi) is 4.32. The molecule has 3 nitrogen and oxygen atoms in total. The molecule has 1 fully saturated rings. The molecule has 1 aromatic rings. The van der Waals surface area contributed by atoms with Gasteiger partial charge in [0.2, 0.25) is 0 Å². The summed E-state index contributed by atoms with van der Waals surface area (Å²) in [5.41, 5.74) is 2.87. The quantitative estimate of drug-likeness (QED) is 0.921. The summed E-state index contributed by atoms with van der Waals surface area (Å²) in [5.74, 6) is 0. The Morgan fingerprint density at radius 1 is 1.30 bits per heavy atom. The van der Waals surface area contributed by atoms with Crippen LogP contribution in [0.2, 0.25) is 5.02 Å². The number of nitrogens with zero attached hydrogens (tertiary/aromatic N) is 2. The summed E-state index contributed by atoms with van der Waals surface area (Å²) in [6.45, 7) is 4.56. The molecule has 1 aliphatic carbocycles. The van der Waals surface area contributed by atoms with E-state index in [-0.39, 0.29) is 0 Å². The molecule has 3 rings (SSSR count). The van der Waals surface area contributed by atoms with E-state index in [4.69, 9.17) is 11.6 Å². The molecule has 20 heavy (non-hydrogen) atoms. The third-order valence-electron chi connectivity index (χ3n) is 4.76. The van der Waals surface area contributed by atoms with E-state index in [1.807, 2.05) is 6.07 Å². The number of hydrogen-bond donors (Lipinski definition) is 1. The smallest absolute Gasteiger partial charge is 0.0408 e. The summed E-state index contributed by atoms with van der Waals surface area (Å²) >= 11 is 6.07. The highest BCUT2D eigenvalue weighted by Crippen LogP contribution is 2.32. The molecule has 1 saturated heterocycles. The first-order valence-corrected chi connectivity index (χ1v) is 7.92. The summed E-state index contributed by atoms with van der Waals surface area (Å²) in [4.78, 5) is 4.90. The summed E-state index contributed by atoms with van der Waals surface area (Å²) in [7, 11) is 4.45. The molecule has 0 bridgehead atoms.